The average Bonchev–Trinajstić information content (AvgIpc) is 3.25. The summed E-state index contributed by atoms with van der Waals surface area (Å²) in [5, 5.41) is 3.82. The van der Waals surface area contributed by atoms with Crippen molar-refractivity contribution in [1.29, 1.82) is 0 Å². The van der Waals surface area contributed by atoms with E-state index >= 15 is 0 Å². The molecule has 0 bridgehead atoms. The molecule has 134 valence electrons. The molecule has 2 atom stereocenters. The van der Waals surface area contributed by atoms with Crippen LogP contribution in [0.4, 0.5) is 14.5 Å². The van der Waals surface area contributed by atoms with Crippen molar-refractivity contribution < 1.29 is 13.6 Å². The van der Waals surface area contributed by atoms with Crippen LogP contribution in [-0.2, 0) is 4.79 Å². The van der Waals surface area contributed by atoms with E-state index in [1.54, 1.807) is 12.1 Å². The van der Waals surface area contributed by atoms with Crippen molar-refractivity contribution in [3.63, 3.8) is 0 Å². The monoisotopic (exact) mass is 376 g/mol. The summed E-state index contributed by atoms with van der Waals surface area (Å²) in [6.45, 7) is 0. The SMILES string of the molecule is O=C(Nc1c[nH]c2cc(F)c(F)cc12)C1CC(c2ccc(Cl)cc2)NN1. The van der Waals surface area contributed by atoms with Crippen LogP contribution < -0.4 is 16.2 Å². The molecule has 5 nitrogen and oxygen atoms in total. The van der Waals surface area contributed by atoms with E-state index in [9.17, 15) is 13.6 Å². The molecule has 2 heterocycles. The van der Waals surface area contributed by atoms with Gasteiger partial charge in [-0.25, -0.2) is 19.6 Å². The van der Waals surface area contributed by atoms with Gasteiger partial charge >= 0.3 is 0 Å². The zero-order valence-corrected chi connectivity index (χ0v) is 14.2. The Balaban J connectivity index is 1.47. The summed E-state index contributed by atoms with van der Waals surface area (Å²) in [7, 11) is 0. The number of benzene rings is 2. The van der Waals surface area contributed by atoms with Gasteiger partial charge in [0.05, 0.1) is 11.2 Å². The van der Waals surface area contributed by atoms with E-state index in [1.165, 1.54) is 6.20 Å². The lowest BCUT2D eigenvalue weighted by Gasteiger charge is -2.10. The molecular weight excluding hydrogens is 362 g/mol. The highest BCUT2D eigenvalue weighted by atomic mass is 35.5. The van der Waals surface area contributed by atoms with Gasteiger partial charge in [-0.2, -0.15) is 0 Å². The predicted octanol–water partition coefficient (Wildman–Crippen LogP) is 3.65. The molecule has 3 aromatic rings. The van der Waals surface area contributed by atoms with Gasteiger partial charge in [0, 0.05) is 28.7 Å². The summed E-state index contributed by atoms with van der Waals surface area (Å²) in [4.78, 5) is 15.3. The Kier molecular flexibility index (Phi) is 4.36. The molecule has 2 unspecified atom stereocenters. The number of hydrazine groups is 1. The fourth-order valence-corrected chi connectivity index (χ4v) is 3.21. The van der Waals surface area contributed by atoms with Crippen LogP contribution in [0.25, 0.3) is 10.9 Å². The van der Waals surface area contributed by atoms with Crippen molar-refractivity contribution >= 4 is 34.1 Å². The molecule has 1 amide bonds. The molecule has 0 radical (unpaired) electrons. The van der Waals surface area contributed by atoms with E-state index in [4.69, 9.17) is 11.6 Å². The summed E-state index contributed by atoms with van der Waals surface area (Å²) in [5.74, 6) is -2.17. The topological polar surface area (TPSA) is 69.0 Å². The smallest absolute Gasteiger partial charge is 0.242 e. The van der Waals surface area contributed by atoms with Crippen molar-refractivity contribution in [2.45, 2.75) is 18.5 Å². The number of H-pyrrole nitrogens is 1. The quantitative estimate of drug-likeness (QED) is 0.564. The summed E-state index contributed by atoms with van der Waals surface area (Å²) in [6.07, 6.45) is 2.05. The number of anilines is 1. The zero-order chi connectivity index (χ0) is 18.3. The number of fused-ring (bicyclic) bond motifs is 1. The van der Waals surface area contributed by atoms with E-state index in [-0.39, 0.29) is 11.9 Å². The van der Waals surface area contributed by atoms with Gasteiger partial charge in [0.25, 0.3) is 0 Å². The van der Waals surface area contributed by atoms with Crippen LogP contribution in [0, 0.1) is 11.6 Å². The van der Waals surface area contributed by atoms with Gasteiger partial charge in [-0.1, -0.05) is 23.7 Å². The van der Waals surface area contributed by atoms with E-state index in [1.807, 2.05) is 12.1 Å². The minimum absolute atomic E-state index is 0.0301. The second kappa shape index (κ2) is 6.68. The molecule has 1 aliphatic rings. The van der Waals surface area contributed by atoms with Crippen LogP contribution in [0.5, 0.6) is 0 Å². The Hall–Kier alpha value is -2.48. The number of aromatic amines is 1. The number of halogens is 3. The first-order valence-corrected chi connectivity index (χ1v) is 8.42. The molecule has 1 fully saturated rings. The first-order valence-electron chi connectivity index (χ1n) is 8.05. The Bertz CT molecular complexity index is 973. The van der Waals surface area contributed by atoms with E-state index in [0.29, 0.717) is 28.0 Å². The first kappa shape index (κ1) is 17.0. The number of carbonyl (C=O) groups excluding carboxylic acids is 1. The van der Waals surface area contributed by atoms with Crippen molar-refractivity contribution in [2.75, 3.05) is 5.32 Å². The summed E-state index contributed by atoms with van der Waals surface area (Å²) in [6, 6.07) is 9.03. The van der Waals surface area contributed by atoms with Crippen molar-refractivity contribution in [2.24, 2.45) is 0 Å². The Labute approximate surface area is 152 Å². The molecule has 1 aliphatic heterocycles. The second-order valence-corrected chi connectivity index (χ2v) is 6.62. The molecule has 0 spiro atoms. The molecule has 26 heavy (non-hydrogen) atoms. The molecule has 8 heteroatoms. The summed E-state index contributed by atoms with van der Waals surface area (Å²) >= 11 is 5.89. The number of rotatable bonds is 3. The van der Waals surface area contributed by atoms with Gasteiger partial charge in [-0.15, -0.1) is 0 Å². The maximum atomic E-state index is 13.5. The fourth-order valence-electron chi connectivity index (χ4n) is 3.08. The molecule has 1 saturated heterocycles. The van der Waals surface area contributed by atoms with Crippen molar-refractivity contribution in [1.82, 2.24) is 15.8 Å². The molecule has 4 N–H and O–H groups in total. The number of hydrogen-bond donors (Lipinski definition) is 4. The lowest BCUT2D eigenvalue weighted by Crippen LogP contribution is -2.39. The predicted molar refractivity (Wildman–Crippen MR) is 95.7 cm³/mol. The minimum atomic E-state index is -0.962. The zero-order valence-electron chi connectivity index (χ0n) is 13.4. The van der Waals surface area contributed by atoms with Crippen LogP contribution in [0.1, 0.15) is 18.0 Å². The summed E-state index contributed by atoms with van der Waals surface area (Å²) in [5.41, 5.74) is 7.88. The highest BCUT2D eigenvalue weighted by Crippen LogP contribution is 2.27. The average molecular weight is 377 g/mol. The van der Waals surface area contributed by atoms with Crippen LogP contribution in [0.2, 0.25) is 5.02 Å². The maximum absolute atomic E-state index is 13.5. The van der Waals surface area contributed by atoms with Gasteiger partial charge in [-0.05, 0) is 30.2 Å². The Morgan fingerprint density at radius 2 is 1.85 bits per heavy atom. The van der Waals surface area contributed by atoms with E-state index in [2.05, 4.69) is 21.2 Å². The highest BCUT2D eigenvalue weighted by Gasteiger charge is 2.30. The molecule has 0 saturated carbocycles. The Morgan fingerprint density at radius 1 is 1.12 bits per heavy atom. The van der Waals surface area contributed by atoms with Gasteiger partial charge in [0.1, 0.15) is 6.04 Å². The lowest BCUT2D eigenvalue weighted by molar-refractivity contribution is -0.117. The third-order valence-electron chi connectivity index (χ3n) is 4.47. The van der Waals surface area contributed by atoms with Crippen LogP contribution in [-0.4, -0.2) is 16.9 Å². The van der Waals surface area contributed by atoms with Crippen LogP contribution in [0.3, 0.4) is 0 Å². The second-order valence-electron chi connectivity index (χ2n) is 6.18. The third-order valence-corrected chi connectivity index (χ3v) is 4.72. The van der Waals surface area contributed by atoms with Gasteiger partial charge < -0.3 is 10.3 Å². The van der Waals surface area contributed by atoms with Crippen LogP contribution >= 0.6 is 11.6 Å². The van der Waals surface area contributed by atoms with E-state index in [0.717, 1.165) is 17.7 Å². The number of carbonyl (C=O) groups is 1. The van der Waals surface area contributed by atoms with Gasteiger partial charge in [0.15, 0.2) is 11.6 Å². The Morgan fingerprint density at radius 3 is 2.62 bits per heavy atom. The highest BCUT2D eigenvalue weighted by molar-refractivity contribution is 6.30. The lowest BCUT2D eigenvalue weighted by atomic mass is 10.0. The first-order chi connectivity index (χ1) is 12.5. The largest absolute Gasteiger partial charge is 0.359 e. The minimum Gasteiger partial charge on any atom is -0.359 e. The molecule has 0 aliphatic carbocycles. The fraction of sp³-hybridized carbons (Fsp3) is 0.167. The van der Waals surface area contributed by atoms with Gasteiger partial charge in [-0.3, -0.25) is 4.79 Å². The van der Waals surface area contributed by atoms with Gasteiger partial charge in [0.2, 0.25) is 5.91 Å². The number of nitrogens with one attached hydrogen (secondary N) is 4. The normalized spacial score (nSPS) is 19.8. The standard InChI is InChI=1S/C18H15ClF2N4O/c19-10-3-1-9(2-4-10)14-7-16(25-24-14)18(26)23-17-8-22-15-6-13(21)12(20)5-11(15)17/h1-6,8,14,16,22,24-25H,7H2,(H,23,26). The van der Waals surface area contributed by atoms with Crippen LogP contribution in [0.15, 0.2) is 42.6 Å². The number of amides is 1. The van der Waals surface area contributed by atoms with E-state index < -0.39 is 17.7 Å². The van der Waals surface area contributed by atoms with Crippen molar-refractivity contribution in [3.8, 4) is 0 Å². The molecular formula is C18H15ClF2N4O. The maximum Gasteiger partial charge on any atom is 0.242 e. The summed E-state index contributed by atoms with van der Waals surface area (Å²) < 4.78 is 26.8. The van der Waals surface area contributed by atoms with Crippen molar-refractivity contribution in [3.05, 3.63) is 64.8 Å². The third kappa shape index (κ3) is 3.16. The molecule has 2 aromatic carbocycles. The molecule has 1 aromatic heterocycles. The number of aromatic nitrogens is 1. The molecule has 4 rings (SSSR count). The number of hydrogen-bond acceptors (Lipinski definition) is 3.